The average Bonchev–Trinajstić information content (AvgIpc) is 3.52. The topological polar surface area (TPSA) is 72.2 Å². The second kappa shape index (κ2) is 8.09. The number of hydrogen-bond acceptors (Lipinski definition) is 7. The van der Waals surface area contributed by atoms with Gasteiger partial charge in [0.2, 0.25) is 5.95 Å². The van der Waals surface area contributed by atoms with Gasteiger partial charge in [-0.3, -0.25) is 9.36 Å². The smallest absolute Gasteiger partial charge is 0.399 e. The molecule has 30 heavy (non-hydrogen) atoms. The van der Waals surface area contributed by atoms with Gasteiger partial charge in [0.1, 0.15) is 19.0 Å². The summed E-state index contributed by atoms with van der Waals surface area (Å²) in [5.41, 5.74) is 0.204. The number of alkyl halides is 3. The summed E-state index contributed by atoms with van der Waals surface area (Å²) >= 11 is 0. The molecule has 2 fully saturated rings. The Kier molecular flexibility index (Phi) is 5.65. The van der Waals surface area contributed by atoms with Crippen LogP contribution in [0, 0.1) is 5.92 Å². The third-order valence-corrected chi connectivity index (χ3v) is 5.86. The SMILES string of the molecule is CO/N=C(/CN1c2nc(N3CCOC[C@H]3C)cc(=O)n2CC[C@H]1C(F)(F)F)C1CC1. The Hall–Kier alpha value is -2.30. The van der Waals surface area contributed by atoms with E-state index in [2.05, 4.69) is 10.1 Å². The van der Waals surface area contributed by atoms with E-state index in [4.69, 9.17) is 9.57 Å². The highest BCUT2D eigenvalue weighted by molar-refractivity contribution is 5.92. The number of anilines is 2. The molecular weight excluding hydrogens is 403 g/mol. The van der Waals surface area contributed by atoms with Gasteiger partial charge < -0.3 is 19.4 Å². The maximum atomic E-state index is 13.9. The maximum Gasteiger partial charge on any atom is 0.408 e. The molecular formula is C19H26F3N5O3. The van der Waals surface area contributed by atoms with Crippen LogP contribution in [0.15, 0.2) is 16.0 Å². The summed E-state index contributed by atoms with van der Waals surface area (Å²) in [6.45, 7) is 3.31. The van der Waals surface area contributed by atoms with Gasteiger partial charge in [0.25, 0.3) is 5.56 Å². The van der Waals surface area contributed by atoms with Crippen molar-refractivity contribution < 1.29 is 22.7 Å². The van der Waals surface area contributed by atoms with Crippen LogP contribution >= 0.6 is 0 Å². The number of nitrogens with zero attached hydrogens (tertiary/aromatic N) is 5. The number of fused-ring (bicyclic) bond motifs is 1. The molecule has 2 atom stereocenters. The van der Waals surface area contributed by atoms with E-state index in [0.717, 1.165) is 12.8 Å². The van der Waals surface area contributed by atoms with Crippen molar-refractivity contribution in [2.75, 3.05) is 43.2 Å². The molecule has 0 amide bonds. The van der Waals surface area contributed by atoms with Gasteiger partial charge in [-0.2, -0.15) is 18.2 Å². The Morgan fingerprint density at radius 2 is 2.10 bits per heavy atom. The Morgan fingerprint density at radius 3 is 2.73 bits per heavy atom. The molecule has 0 unspecified atom stereocenters. The fraction of sp³-hybridized carbons (Fsp3) is 0.737. The summed E-state index contributed by atoms with van der Waals surface area (Å²) in [5.74, 6) is 0.532. The molecule has 1 aromatic rings. The van der Waals surface area contributed by atoms with E-state index in [1.807, 2.05) is 11.8 Å². The van der Waals surface area contributed by atoms with Gasteiger partial charge in [-0.25, -0.2) is 0 Å². The van der Waals surface area contributed by atoms with E-state index in [9.17, 15) is 18.0 Å². The minimum atomic E-state index is -4.45. The molecule has 0 radical (unpaired) electrons. The molecule has 0 spiro atoms. The molecule has 3 heterocycles. The zero-order chi connectivity index (χ0) is 21.5. The first-order chi connectivity index (χ1) is 14.3. The Balaban J connectivity index is 1.76. The van der Waals surface area contributed by atoms with E-state index in [0.29, 0.717) is 31.3 Å². The lowest BCUT2D eigenvalue weighted by molar-refractivity contribution is -0.152. The Morgan fingerprint density at radius 1 is 1.33 bits per heavy atom. The van der Waals surface area contributed by atoms with Crippen LogP contribution in [0.3, 0.4) is 0 Å². The number of oxime groups is 1. The molecule has 2 aliphatic heterocycles. The van der Waals surface area contributed by atoms with E-state index in [1.165, 1.54) is 22.6 Å². The summed E-state index contributed by atoms with van der Waals surface area (Å²) < 4.78 is 48.5. The van der Waals surface area contributed by atoms with Gasteiger partial charge in [-0.1, -0.05) is 5.16 Å². The molecule has 1 saturated carbocycles. The van der Waals surface area contributed by atoms with Crippen molar-refractivity contribution in [1.29, 1.82) is 0 Å². The van der Waals surface area contributed by atoms with Gasteiger partial charge in [0.05, 0.1) is 31.5 Å². The van der Waals surface area contributed by atoms with Gasteiger partial charge in [0.15, 0.2) is 0 Å². The summed E-state index contributed by atoms with van der Waals surface area (Å²) in [4.78, 5) is 25.3. The highest BCUT2D eigenvalue weighted by Gasteiger charge is 2.48. The van der Waals surface area contributed by atoms with Crippen LogP contribution in [0.1, 0.15) is 26.2 Å². The number of rotatable bonds is 5. The third kappa shape index (κ3) is 4.12. The van der Waals surface area contributed by atoms with E-state index in [1.54, 1.807) is 0 Å². The molecule has 1 saturated heterocycles. The van der Waals surface area contributed by atoms with Gasteiger partial charge >= 0.3 is 6.18 Å². The van der Waals surface area contributed by atoms with E-state index in [-0.39, 0.29) is 43.0 Å². The minimum Gasteiger partial charge on any atom is -0.399 e. The summed E-state index contributed by atoms with van der Waals surface area (Å²) in [7, 11) is 1.38. The van der Waals surface area contributed by atoms with Crippen LogP contribution in [-0.2, 0) is 16.1 Å². The number of morpholine rings is 1. The van der Waals surface area contributed by atoms with Crippen LogP contribution in [0.25, 0.3) is 0 Å². The van der Waals surface area contributed by atoms with Crippen LogP contribution in [0.4, 0.5) is 24.9 Å². The van der Waals surface area contributed by atoms with Gasteiger partial charge in [-0.15, -0.1) is 0 Å². The molecule has 3 aliphatic rings. The number of aromatic nitrogens is 2. The predicted octanol–water partition coefficient (Wildman–Crippen LogP) is 2.02. The normalized spacial score (nSPS) is 25.3. The van der Waals surface area contributed by atoms with E-state index < -0.39 is 12.2 Å². The maximum absolute atomic E-state index is 13.9. The lowest BCUT2D eigenvalue weighted by atomic mass is 10.1. The number of hydrogen-bond donors (Lipinski definition) is 0. The molecule has 0 N–H and O–H groups in total. The number of halogens is 3. The highest BCUT2D eigenvalue weighted by atomic mass is 19.4. The van der Waals surface area contributed by atoms with Crippen LogP contribution in [0.2, 0.25) is 0 Å². The van der Waals surface area contributed by atoms with Crippen molar-refractivity contribution >= 4 is 17.5 Å². The molecule has 0 bridgehead atoms. The van der Waals surface area contributed by atoms with Crippen molar-refractivity contribution in [2.45, 2.75) is 51.0 Å². The molecule has 11 heteroatoms. The highest BCUT2D eigenvalue weighted by Crippen LogP contribution is 2.37. The molecule has 0 aromatic carbocycles. The van der Waals surface area contributed by atoms with Crippen LogP contribution in [-0.4, -0.2) is 66.9 Å². The predicted molar refractivity (Wildman–Crippen MR) is 105 cm³/mol. The lowest BCUT2D eigenvalue weighted by Crippen LogP contribution is -2.54. The van der Waals surface area contributed by atoms with E-state index >= 15 is 0 Å². The monoisotopic (exact) mass is 429 g/mol. The molecule has 4 rings (SSSR count). The van der Waals surface area contributed by atoms with Crippen molar-refractivity contribution in [3.63, 3.8) is 0 Å². The largest absolute Gasteiger partial charge is 0.408 e. The van der Waals surface area contributed by atoms with Crippen molar-refractivity contribution in [3.05, 3.63) is 16.4 Å². The molecule has 1 aliphatic carbocycles. The fourth-order valence-electron chi connectivity index (χ4n) is 4.13. The third-order valence-electron chi connectivity index (χ3n) is 5.86. The Bertz CT molecular complexity index is 868. The second-order valence-corrected chi connectivity index (χ2v) is 8.04. The van der Waals surface area contributed by atoms with Crippen molar-refractivity contribution in [1.82, 2.24) is 9.55 Å². The van der Waals surface area contributed by atoms with Crippen LogP contribution < -0.4 is 15.4 Å². The average molecular weight is 429 g/mol. The second-order valence-electron chi connectivity index (χ2n) is 8.04. The first-order valence-corrected chi connectivity index (χ1v) is 10.2. The number of ether oxygens (including phenoxy) is 1. The van der Waals surface area contributed by atoms with Crippen LogP contribution in [0.5, 0.6) is 0 Å². The summed E-state index contributed by atoms with van der Waals surface area (Å²) in [6.07, 6.45) is -2.92. The van der Waals surface area contributed by atoms with Crippen molar-refractivity contribution in [3.8, 4) is 0 Å². The standard InChI is InChI=1S/C19H26F3N5O3/c1-12-11-30-8-7-25(12)16-9-17(28)26-6-5-15(19(20,21)22)27(18(26)23-16)10-14(24-29-2)13-3-4-13/h9,12-13,15H,3-8,10-11H2,1-2H3/b24-14-/t12-,15+/m1/s1. The minimum absolute atomic E-state index is 0.0266. The van der Waals surface area contributed by atoms with Gasteiger partial charge in [0, 0.05) is 25.1 Å². The summed E-state index contributed by atoms with van der Waals surface area (Å²) in [5, 5.41) is 3.98. The Labute approximate surface area is 172 Å². The first kappa shape index (κ1) is 21.0. The molecule has 8 nitrogen and oxygen atoms in total. The molecule has 1 aromatic heterocycles. The quantitative estimate of drug-likeness (QED) is 0.527. The molecule has 166 valence electrons. The first-order valence-electron chi connectivity index (χ1n) is 10.2. The fourth-order valence-corrected chi connectivity index (χ4v) is 4.13. The van der Waals surface area contributed by atoms with Crippen molar-refractivity contribution in [2.24, 2.45) is 11.1 Å². The summed E-state index contributed by atoms with van der Waals surface area (Å²) in [6, 6.07) is -0.355. The zero-order valence-corrected chi connectivity index (χ0v) is 17.1. The van der Waals surface area contributed by atoms with Gasteiger partial charge in [-0.05, 0) is 26.2 Å². The lowest BCUT2D eigenvalue weighted by Gasteiger charge is -2.40. The zero-order valence-electron chi connectivity index (χ0n) is 17.1.